The molecule has 0 amide bonds. The van der Waals surface area contributed by atoms with Crippen LogP contribution in [0.2, 0.25) is 0 Å². The smallest absolute Gasteiger partial charge is 0.394 e. The van der Waals surface area contributed by atoms with Gasteiger partial charge in [0.15, 0.2) is 5.96 Å². The van der Waals surface area contributed by atoms with Crippen molar-refractivity contribution in [3.05, 3.63) is 24.3 Å². The van der Waals surface area contributed by atoms with Gasteiger partial charge >= 0.3 is 10.4 Å². The van der Waals surface area contributed by atoms with Crippen LogP contribution in [0.1, 0.15) is 0 Å². The Morgan fingerprint density at radius 1 is 1.18 bits per heavy atom. The summed E-state index contributed by atoms with van der Waals surface area (Å²) in [6.07, 6.45) is 0. The normalized spacial score (nSPS) is 14.9. The van der Waals surface area contributed by atoms with Crippen LogP contribution in [0.3, 0.4) is 0 Å². The largest absolute Gasteiger partial charge is 0.497 e. The van der Waals surface area contributed by atoms with Crippen LogP contribution >= 0.6 is 0 Å². The third kappa shape index (κ3) is 6.61. The van der Waals surface area contributed by atoms with E-state index in [0.29, 0.717) is 0 Å². The molecule has 0 radical (unpaired) electrons. The molecular weight excluding hydrogens is 312 g/mol. The van der Waals surface area contributed by atoms with Crippen molar-refractivity contribution < 1.29 is 22.3 Å². The predicted molar refractivity (Wildman–Crippen MR) is 82.9 cm³/mol. The quantitative estimate of drug-likeness (QED) is 0.338. The number of ether oxygens (including phenoxy) is 1. The molecule has 0 aromatic heterocycles. The minimum Gasteiger partial charge on any atom is -0.497 e. The van der Waals surface area contributed by atoms with Gasteiger partial charge in [0.1, 0.15) is 5.75 Å². The number of benzene rings is 1. The van der Waals surface area contributed by atoms with Gasteiger partial charge in [0.25, 0.3) is 0 Å². The molecule has 0 saturated carbocycles. The zero-order chi connectivity index (χ0) is 16.8. The Morgan fingerprint density at radius 2 is 1.64 bits per heavy atom. The van der Waals surface area contributed by atoms with Crippen molar-refractivity contribution in [1.82, 2.24) is 4.90 Å². The molecule has 124 valence electrons. The van der Waals surface area contributed by atoms with Gasteiger partial charge in [-0.3, -0.25) is 14.5 Å². The Kier molecular flexibility index (Phi) is 6.40. The minimum atomic E-state index is -4.67. The fourth-order valence-corrected chi connectivity index (χ4v) is 2.00. The van der Waals surface area contributed by atoms with E-state index in [2.05, 4.69) is 17.0 Å². The lowest BCUT2D eigenvalue weighted by molar-refractivity contribution is 0.379. The van der Waals surface area contributed by atoms with Crippen LogP contribution in [0.25, 0.3) is 0 Å². The molecule has 0 aliphatic carbocycles. The van der Waals surface area contributed by atoms with E-state index in [1.54, 1.807) is 7.11 Å². The van der Waals surface area contributed by atoms with Gasteiger partial charge in [0.2, 0.25) is 0 Å². The second kappa shape index (κ2) is 7.82. The monoisotopic (exact) mass is 332 g/mol. The highest BCUT2D eigenvalue weighted by molar-refractivity contribution is 7.79. The molecule has 0 atom stereocenters. The van der Waals surface area contributed by atoms with Crippen molar-refractivity contribution in [3.63, 3.8) is 0 Å². The molecule has 0 bridgehead atoms. The first-order chi connectivity index (χ1) is 10.2. The zero-order valence-electron chi connectivity index (χ0n) is 12.1. The molecule has 22 heavy (non-hydrogen) atoms. The van der Waals surface area contributed by atoms with Crippen molar-refractivity contribution in [1.29, 1.82) is 5.41 Å². The van der Waals surface area contributed by atoms with Crippen LogP contribution in [-0.4, -0.2) is 61.7 Å². The van der Waals surface area contributed by atoms with E-state index in [0.717, 1.165) is 31.9 Å². The average Bonchev–Trinajstić information content (AvgIpc) is 2.46. The van der Waals surface area contributed by atoms with Crippen LogP contribution in [0.15, 0.2) is 24.3 Å². The second-order valence-electron chi connectivity index (χ2n) is 4.51. The fraction of sp³-hybridized carbons (Fsp3) is 0.417. The molecule has 1 heterocycles. The van der Waals surface area contributed by atoms with Gasteiger partial charge in [0, 0.05) is 31.9 Å². The van der Waals surface area contributed by atoms with E-state index < -0.39 is 10.4 Å². The molecule has 1 saturated heterocycles. The molecule has 2 rings (SSSR count). The maximum Gasteiger partial charge on any atom is 0.394 e. The topological polar surface area (TPSA) is 140 Å². The summed E-state index contributed by atoms with van der Waals surface area (Å²) in [5.41, 5.74) is 6.65. The summed E-state index contributed by atoms with van der Waals surface area (Å²) in [4.78, 5) is 4.18. The Labute approximate surface area is 129 Å². The van der Waals surface area contributed by atoms with Crippen LogP contribution in [-0.2, 0) is 10.4 Å². The fourth-order valence-electron chi connectivity index (χ4n) is 2.00. The van der Waals surface area contributed by atoms with E-state index in [1.165, 1.54) is 5.69 Å². The Hall–Kier alpha value is -2.04. The van der Waals surface area contributed by atoms with E-state index >= 15 is 0 Å². The van der Waals surface area contributed by atoms with Crippen LogP contribution < -0.4 is 15.4 Å². The number of nitrogens with one attached hydrogen (secondary N) is 1. The number of rotatable bonds is 2. The standard InChI is InChI=1S/C12H18N4O.H2O4S/c1-17-11-4-2-10(3-5-11)15-6-8-16(9-7-15)12(13)14;1-5(2,3)4/h2-5H,6-9H2,1H3,(H3,13,14);(H2,1,2,3,4). The Morgan fingerprint density at radius 3 is 2.00 bits per heavy atom. The number of anilines is 1. The van der Waals surface area contributed by atoms with Gasteiger partial charge in [-0.05, 0) is 24.3 Å². The minimum absolute atomic E-state index is 0.166. The summed E-state index contributed by atoms with van der Waals surface area (Å²) in [5, 5.41) is 7.38. The van der Waals surface area contributed by atoms with Crippen LogP contribution in [0.4, 0.5) is 5.69 Å². The van der Waals surface area contributed by atoms with Gasteiger partial charge in [-0.1, -0.05) is 0 Å². The number of piperazine rings is 1. The third-order valence-electron chi connectivity index (χ3n) is 3.06. The lowest BCUT2D eigenvalue weighted by Gasteiger charge is -2.36. The van der Waals surface area contributed by atoms with Crippen molar-refractivity contribution in [2.75, 3.05) is 38.2 Å². The Bertz CT molecular complexity index is 574. The van der Waals surface area contributed by atoms with Gasteiger partial charge in [0.05, 0.1) is 7.11 Å². The van der Waals surface area contributed by atoms with Gasteiger partial charge < -0.3 is 20.3 Å². The molecule has 1 aliphatic rings. The van der Waals surface area contributed by atoms with Crippen molar-refractivity contribution in [2.24, 2.45) is 5.73 Å². The zero-order valence-corrected chi connectivity index (χ0v) is 13.0. The summed E-state index contributed by atoms with van der Waals surface area (Å²) in [6.45, 7) is 3.40. The van der Waals surface area contributed by atoms with Crippen molar-refractivity contribution >= 4 is 22.0 Å². The molecule has 1 aliphatic heterocycles. The second-order valence-corrected chi connectivity index (χ2v) is 5.40. The molecule has 1 aromatic rings. The maximum absolute atomic E-state index is 8.74. The highest BCUT2D eigenvalue weighted by atomic mass is 32.3. The highest BCUT2D eigenvalue weighted by Gasteiger charge is 2.17. The maximum atomic E-state index is 8.74. The molecule has 1 aromatic carbocycles. The summed E-state index contributed by atoms with van der Waals surface area (Å²) in [6, 6.07) is 8.05. The van der Waals surface area contributed by atoms with Crippen molar-refractivity contribution in [3.8, 4) is 5.75 Å². The lowest BCUT2D eigenvalue weighted by atomic mass is 10.2. The van der Waals surface area contributed by atoms with Gasteiger partial charge in [-0.15, -0.1) is 0 Å². The number of guanidine groups is 1. The summed E-state index contributed by atoms with van der Waals surface area (Å²) >= 11 is 0. The first-order valence-electron chi connectivity index (χ1n) is 6.38. The molecule has 1 fully saturated rings. The van der Waals surface area contributed by atoms with E-state index in [4.69, 9.17) is 33.4 Å². The lowest BCUT2D eigenvalue weighted by Crippen LogP contribution is -2.50. The average molecular weight is 332 g/mol. The molecule has 9 nitrogen and oxygen atoms in total. The number of methoxy groups -OCH3 is 1. The molecule has 5 N–H and O–H groups in total. The molecular formula is C12H20N4O5S. The number of nitrogens with zero attached hydrogens (tertiary/aromatic N) is 2. The van der Waals surface area contributed by atoms with Crippen LogP contribution in [0.5, 0.6) is 5.75 Å². The first-order valence-corrected chi connectivity index (χ1v) is 7.78. The number of nitrogens with two attached hydrogens (primary N) is 1. The summed E-state index contributed by atoms with van der Waals surface area (Å²) < 4.78 is 36.7. The molecule has 0 unspecified atom stereocenters. The van der Waals surface area contributed by atoms with Crippen molar-refractivity contribution in [2.45, 2.75) is 0 Å². The summed E-state index contributed by atoms with van der Waals surface area (Å²) in [7, 11) is -3.00. The number of hydrogen-bond donors (Lipinski definition) is 4. The predicted octanol–water partition coefficient (Wildman–Crippen LogP) is 0.0579. The highest BCUT2D eigenvalue weighted by Crippen LogP contribution is 2.20. The van der Waals surface area contributed by atoms with E-state index in [9.17, 15) is 0 Å². The summed E-state index contributed by atoms with van der Waals surface area (Å²) in [5.74, 6) is 1.04. The van der Waals surface area contributed by atoms with E-state index in [-0.39, 0.29) is 5.96 Å². The third-order valence-corrected chi connectivity index (χ3v) is 3.06. The first kappa shape index (κ1) is 18.0. The van der Waals surface area contributed by atoms with Gasteiger partial charge in [-0.2, -0.15) is 8.42 Å². The van der Waals surface area contributed by atoms with Crippen LogP contribution in [0, 0.1) is 5.41 Å². The Balaban J connectivity index is 0.000000422. The number of hydrogen-bond acceptors (Lipinski definition) is 5. The van der Waals surface area contributed by atoms with E-state index in [1.807, 2.05) is 17.0 Å². The SMILES string of the molecule is COc1ccc(N2CCN(C(=N)N)CC2)cc1.O=S(=O)(O)O. The van der Waals surface area contributed by atoms with Gasteiger partial charge in [-0.25, -0.2) is 0 Å². The molecule has 0 spiro atoms. The molecule has 10 heteroatoms.